The average Bonchev–Trinajstić information content (AvgIpc) is 2.95. The molecule has 168 valence electrons. The molecular weight excluding hydrogens is 404 g/mol. The average molecular weight is 439 g/mol. The predicted octanol–water partition coefficient (Wildman–Crippen LogP) is 1.89. The summed E-state index contributed by atoms with van der Waals surface area (Å²) in [6.45, 7) is 3.15. The first-order chi connectivity index (χ1) is 14.5. The van der Waals surface area contributed by atoms with E-state index in [1.54, 1.807) is 11.8 Å². The van der Waals surface area contributed by atoms with Crippen LogP contribution in [0.1, 0.15) is 58.3 Å². The molecule has 3 rings (SSSR count). The van der Waals surface area contributed by atoms with Gasteiger partial charge in [0.1, 0.15) is 6.04 Å². The Bertz CT molecular complexity index is 657. The molecule has 0 unspecified atom stereocenters. The number of carbonyl (C=O) groups is 3. The zero-order valence-corrected chi connectivity index (χ0v) is 18.8. The van der Waals surface area contributed by atoms with E-state index in [1.807, 2.05) is 11.9 Å². The Balaban J connectivity index is 1.66. The number of nitrogens with one attached hydrogen (secondary N) is 2. The second-order valence-corrected chi connectivity index (χ2v) is 9.58. The lowest BCUT2D eigenvalue weighted by atomic mass is 9.87. The molecule has 30 heavy (non-hydrogen) atoms. The lowest BCUT2D eigenvalue weighted by Gasteiger charge is -2.30. The van der Waals surface area contributed by atoms with Crippen molar-refractivity contribution in [1.82, 2.24) is 15.6 Å². The van der Waals surface area contributed by atoms with Gasteiger partial charge in [0.25, 0.3) is 0 Å². The zero-order chi connectivity index (χ0) is 21.5. The van der Waals surface area contributed by atoms with Crippen LogP contribution in [0.3, 0.4) is 0 Å². The third kappa shape index (κ3) is 5.97. The summed E-state index contributed by atoms with van der Waals surface area (Å²) >= 11 is 1.54. The van der Waals surface area contributed by atoms with Crippen molar-refractivity contribution in [2.24, 2.45) is 16.9 Å². The van der Waals surface area contributed by atoms with Gasteiger partial charge in [-0.2, -0.15) is 0 Å². The van der Waals surface area contributed by atoms with Crippen LogP contribution in [0, 0.1) is 11.8 Å². The SMILES string of the molecule is C[C@H]1CS/C(=N\NC(=O)C(=O)[C@H](NC(=O)C2CCCCCC2)C2CCOCC2)N1C. The third-order valence-electron chi connectivity index (χ3n) is 6.44. The molecule has 0 radical (unpaired) electrons. The monoisotopic (exact) mass is 438 g/mol. The molecule has 0 aromatic heterocycles. The van der Waals surface area contributed by atoms with Crippen LogP contribution in [0.5, 0.6) is 0 Å². The van der Waals surface area contributed by atoms with Gasteiger partial charge in [-0.15, -0.1) is 5.10 Å². The molecule has 3 aliphatic rings. The number of amidine groups is 1. The van der Waals surface area contributed by atoms with Crippen LogP contribution in [-0.4, -0.2) is 65.8 Å². The van der Waals surface area contributed by atoms with Crippen LogP contribution in [-0.2, 0) is 19.1 Å². The van der Waals surface area contributed by atoms with E-state index in [0.29, 0.717) is 37.3 Å². The molecule has 0 aromatic carbocycles. The topological polar surface area (TPSA) is 100 Å². The summed E-state index contributed by atoms with van der Waals surface area (Å²) in [4.78, 5) is 40.5. The van der Waals surface area contributed by atoms with Gasteiger partial charge in [-0.1, -0.05) is 37.4 Å². The van der Waals surface area contributed by atoms with Gasteiger partial charge in [-0.3, -0.25) is 14.4 Å². The Morgan fingerprint density at radius 3 is 2.37 bits per heavy atom. The molecule has 3 fully saturated rings. The highest BCUT2D eigenvalue weighted by Crippen LogP contribution is 2.25. The van der Waals surface area contributed by atoms with Crippen molar-refractivity contribution in [2.45, 2.75) is 70.4 Å². The maximum absolute atomic E-state index is 13.0. The minimum absolute atomic E-state index is 0.0732. The number of rotatable bonds is 6. The maximum Gasteiger partial charge on any atom is 0.309 e. The molecule has 2 amide bonds. The van der Waals surface area contributed by atoms with Crippen molar-refractivity contribution < 1.29 is 19.1 Å². The Kier molecular flexibility index (Phi) is 8.56. The number of nitrogens with zero attached hydrogens (tertiary/aromatic N) is 2. The van der Waals surface area contributed by atoms with E-state index in [1.165, 1.54) is 0 Å². The fraction of sp³-hybridized carbons (Fsp3) is 0.810. The number of hydrogen-bond donors (Lipinski definition) is 2. The van der Waals surface area contributed by atoms with Crippen molar-refractivity contribution in [1.29, 1.82) is 0 Å². The van der Waals surface area contributed by atoms with Crippen LogP contribution in [0.25, 0.3) is 0 Å². The number of carbonyl (C=O) groups excluding carboxylic acids is 3. The quantitative estimate of drug-likeness (QED) is 0.373. The molecule has 0 aromatic rings. The maximum atomic E-state index is 13.0. The van der Waals surface area contributed by atoms with Gasteiger partial charge in [-0.25, -0.2) is 5.43 Å². The summed E-state index contributed by atoms with van der Waals surface area (Å²) in [5.74, 6) is -0.762. The molecule has 2 heterocycles. The molecule has 9 heteroatoms. The third-order valence-corrected chi connectivity index (χ3v) is 7.72. The summed E-state index contributed by atoms with van der Waals surface area (Å²) in [7, 11) is 1.91. The Labute approximate surface area is 182 Å². The normalized spacial score (nSPS) is 26.3. The van der Waals surface area contributed by atoms with Crippen LogP contribution >= 0.6 is 11.8 Å². The first-order valence-corrected chi connectivity index (χ1v) is 12.1. The molecular formula is C21H34N4O4S. The van der Waals surface area contributed by atoms with E-state index in [0.717, 1.165) is 44.3 Å². The number of hydrazone groups is 1. The molecule has 0 spiro atoms. The molecule has 1 saturated carbocycles. The number of ether oxygens (including phenoxy) is 1. The minimum Gasteiger partial charge on any atom is -0.381 e. The predicted molar refractivity (Wildman–Crippen MR) is 117 cm³/mol. The van der Waals surface area contributed by atoms with Gasteiger partial charge in [0.2, 0.25) is 11.7 Å². The fourth-order valence-electron chi connectivity index (χ4n) is 4.26. The van der Waals surface area contributed by atoms with E-state index >= 15 is 0 Å². The van der Waals surface area contributed by atoms with Crippen molar-refractivity contribution in [3.05, 3.63) is 0 Å². The number of ketones is 1. The van der Waals surface area contributed by atoms with Crippen molar-refractivity contribution >= 4 is 34.5 Å². The molecule has 2 aliphatic heterocycles. The Morgan fingerprint density at radius 1 is 1.10 bits per heavy atom. The van der Waals surface area contributed by atoms with Crippen LogP contribution in [0.15, 0.2) is 5.10 Å². The Hall–Kier alpha value is -1.61. The second-order valence-electron chi connectivity index (χ2n) is 8.60. The van der Waals surface area contributed by atoms with E-state index < -0.39 is 17.7 Å². The van der Waals surface area contributed by atoms with Crippen molar-refractivity contribution in [3.8, 4) is 0 Å². The Morgan fingerprint density at radius 2 is 1.77 bits per heavy atom. The molecule has 2 saturated heterocycles. The molecule has 1 aliphatic carbocycles. The molecule has 2 atom stereocenters. The standard InChI is InChI=1S/C21H34N4O4S/c1-14-13-30-21(25(14)2)24-23-20(28)18(26)17(15-9-11-29-12-10-15)22-19(27)16-7-5-3-4-6-8-16/h14-17H,3-13H2,1-2H3,(H,22,27)(H,23,28)/b24-21-/t14-,17+/m0/s1. The molecule has 0 bridgehead atoms. The lowest BCUT2D eigenvalue weighted by Crippen LogP contribution is -2.53. The highest BCUT2D eigenvalue weighted by atomic mass is 32.2. The van der Waals surface area contributed by atoms with Crippen LogP contribution in [0.2, 0.25) is 0 Å². The van der Waals surface area contributed by atoms with Gasteiger partial charge in [0.05, 0.1) is 0 Å². The molecule has 2 N–H and O–H groups in total. The highest BCUT2D eigenvalue weighted by molar-refractivity contribution is 8.14. The summed E-state index contributed by atoms with van der Waals surface area (Å²) in [6, 6.07) is -0.493. The number of thioether (sulfide) groups is 1. The fourth-order valence-corrected chi connectivity index (χ4v) is 5.37. The van der Waals surface area contributed by atoms with Crippen LogP contribution < -0.4 is 10.7 Å². The summed E-state index contributed by atoms with van der Waals surface area (Å²) < 4.78 is 5.41. The number of amides is 2. The number of Topliss-reactive ketones (excluding diaryl/α,β-unsaturated/α-hetero) is 1. The summed E-state index contributed by atoms with van der Waals surface area (Å²) in [5.41, 5.74) is 2.41. The van der Waals surface area contributed by atoms with E-state index in [2.05, 4.69) is 22.8 Å². The minimum atomic E-state index is -0.822. The first-order valence-electron chi connectivity index (χ1n) is 11.1. The first kappa shape index (κ1) is 23.1. The number of hydrogen-bond acceptors (Lipinski definition) is 6. The molecule has 8 nitrogen and oxygen atoms in total. The highest BCUT2D eigenvalue weighted by Gasteiger charge is 2.36. The van der Waals surface area contributed by atoms with Crippen LogP contribution in [0.4, 0.5) is 0 Å². The smallest absolute Gasteiger partial charge is 0.309 e. The van der Waals surface area contributed by atoms with Gasteiger partial charge in [0.15, 0.2) is 5.17 Å². The van der Waals surface area contributed by atoms with Crippen molar-refractivity contribution in [3.63, 3.8) is 0 Å². The van der Waals surface area contributed by atoms with E-state index in [-0.39, 0.29) is 17.7 Å². The van der Waals surface area contributed by atoms with E-state index in [4.69, 9.17) is 4.74 Å². The second kappa shape index (κ2) is 11.1. The van der Waals surface area contributed by atoms with Gasteiger partial charge >= 0.3 is 5.91 Å². The van der Waals surface area contributed by atoms with Gasteiger partial charge < -0.3 is 15.0 Å². The lowest BCUT2D eigenvalue weighted by molar-refractivity contribution is -0.142. The summed E-state index contributed by atoms with van der Waals surface area (Å²) in [5, 5.41) is 7.76. The largest absolute Gasteiger partial charge is 0.381 e. The van der Waals surface area contributed by atoms with Crippen molar-refractivity contribution in [2.75, 3.05) is 26.0 Å². The van der Waals surface area contributed by atoms with E-state index in [9.17, 15) is 14.4 Å². The van der Waals surface area contributed by atoms with Gasteiger partial charge in [-0.05, 0) is 38.5 Å². The van der Waals surface area contributed by atoms with Gasteiger partial charge in [0, 0.05) is 38.0 Å². The zero-order valence-electron chi connectivity index (χ0n) is 18.0. The summed E-state index contributed by atoms with van der Waals surface area (Å²) in [6.07, 6.45) is 7.38.